The van der Waals surface area contributed by atoms with Gasteiger partial charge >= 0.3 is 0 Å². The molecule has 0 fully saturated rings. The summed E-state index contributed by atoms with van der Waals surface area (Å²) in [6.45, 7) is 0.295. The van der Waals surface area contributed by atoms with Gasteiger partial charge in [0.1, 0.15) is 11.3 Å². The second kappa shape index (κ2) is 5.13. The highest BCUT2D eigenvalue weighted by molar-refractivity contribution is 5.94. The van der Waals surface area contributed by atoms with Gasteiger partial charge in [0.15, 0.2) is 12.0 Å². The number of halogens is 1. The van der Waals surface area contributed by atoms with Crippen LogP contribution in [0.15, 0.2) is 53.3 Å². The minimum atomic E-state index is -0.532. The molecular weight excluding hydrogens is 259 g/mol. The van der Waals surface area contributed by atoms with E-state index in [1.807, 2.05) is 12.1 Å². The second-order valence-electron chi connectivity index (χ2n) is 4.32. The average Bonchev–Trinajstić information content (AvgIpc) is 2.92. The summed E-state index contributed by atoms with van der Waals surface area (Å²) in [5, 5.41) is 2.67. The Bertz CT molecular complexity index is 767. The van der Waals surface area contributed by atoms with Gasteiger partial charge in [0, 0.05) is 6.54 Å². The van der Waals surface area contributed by atoms with E-state index in [1.54, 1.807) is 18.2 Å². The molecule has 3 rings (SSSR count). The molecule has 1 aromatic heterocycles. The number of hydrogen-bond donors (Lipinski definition) is 1. The zero-order valence-corrected chi connectivity index (χ0v) is 10.5. The Morgan fingerprint density at radius 1 is 1.25 bits per heavy atom. The highest BCUT2D eigenvalue weighted by atomic mass is 19.1. The molecule has 0 saturated carbocycles. The van der Waals surface area contributed by atoms with Crippen LogP contribution in [0.4, 0.5) is 4.39 Å². The van der Waals surface area contributed by atoms with E-state index in [4.69, 9.17) is 4.42 Å². The van der Waals surface area contributed by atoms with Crippen LogP contribution in [0.5, 0.6) is 0 Å². The van der Waals surface area contributed by atoms with Crippen LogP contribution in [0.3, 0.4) is 0 Å². The summed E-state index contributed by atoms with van der Waals surface area (Å²) in [7, 11) is 0. The Labute approximate surface area is 114 Å². The van der Waals surface area contributed by atoms with Crippen molar-refractivity contribution in [2.45, 2.75) is 6.54 Å². The standard InChI is InChI=1S/C15H11FN2O2/c16-12-4-2-1-3-11(12)15(19)17-8-10-5-6-13-14(7-10)20-9-18-13/h1-7,9H,8H2,(H,17,19). The maximum Gasteiger partial charge on any atom is 0.254 e. The van der Waals surface area contributed by atoms with E-state index in [0.717, 1.165) is 11.1 Å². The zero-order chi connectivity index (χ0) is 13.9. The van der Waals surface area contributed by atoms with Crippen LogP contribution in [-0.2, 0) is 6.54 Å². The molecule has 0 bridgehead atoms. The predicted molar refractivity (Wildman–Crippen MR) is 71.6 cm³/mol. The molecule has 2 aromatic carbocycles. The van der Waals surface area contributed by atoms with E-state index in [0.29, 0.717) is 12.1 Å². The molecule has 0 radical (unpaired) electrons. The molecule has 1 N–H and O–H groups in total. The van der Waals surface area contributed by atoms with Crippen LogP contribution in [0.2, 0.25) is 0 Å². The summed E-state index contributed by atoms with van der Waals surface area (Å²) in [5.41, 5.74) is 2.31. The molecule has 0 spiro atoms. The van der Waals surface area contributed by atoms with Gasteiger partial charge in [0.2, 0.25) is 0 Å². The van der Waals surface area contributed by atoms with Crippen LogP contribution in [0.25, 0.3) is 11.1 Å². The molecule has 100 valence electrons. The number of nitrogens with one attached hydrogen (secondary N) is 1. The molecular formula is C15H11FN2O2. The van der Waals surface area contributed by atoms with Crippen LogP contribution in [0, 0.1) is 5.82 Å². The quantitative estimate of drug-likeness (QED) is 0.796. The molecule has 0 saturated heterocycles. The van der Waals surface area contributed by atoms with Gasteiger partial charge in [-0.25, -0.2) is 9.37 Å². The first kappa shape index (κ1) is 12.3. The Morgan fingerprint density at radius 3 is 2.95 bits per heavy atom. The fourth-order valence-corrected chi connectivity index (χ4v) is 1.93. The van der Waals surface area contributed by atoms with E-state index in [9.17, 15) is 9.18 Å². The van der Waals surface area contributed by atoms with Crippen molar-refractivity contribution < 1.29 is 13.6 Å². The first-order valence-corrected chi connectivity index (χ1v) is 6.09. The lowest BCUT2D eigenvalue weighted by Crippen LogP contribution is -2.23. The van der Waals surface area contributed by atoms with Crippen molar-refractivity contribution in [1.82, 2.24) is 10.3 Å². The van der Waals surface area contributed by atoms with Crippen molar-refractivity contribution >= 4 is 17.0 Å². The number of rotatable bonds is 3. The predicted octanol–water partition coefficient (Wildman–Crippen LogP) is 2.90. The molecule has 0 aliphatic rings. The summed E-state index contributed by atoms with van der Waals surface area (Å²) in [4.78, 5) is 15.9. The van der Waals surface area contributed by atoms with Crippen molar-refractivity contribution in [3.8, 4) is 0 Å². The molecule has 0 aliphatic heterocycles. The lowest BCUT2D eigenvalue weighted by Gasteiger charge is -2.06. The Hall–Kier alpha value is -2.69. The number of oxazole rings is 1. The van der Waals surface area contributed by atoms with Gasteiger partial charge in [-0.05, 0) is 29.8 Å². The first-order chi connectivity index (χ1) is 9.74. The van der Waals surface area contributed by atoms with Crippen molar-refractivity contribution in [2.75, 3.05) is 0 Å². The summed E-state index contributed by atoms with van der Waals surface area (Å²) in [6, 6.07) is 11.3. The fraction of sp³-hybridized carbons (Fsp3) is 0.0667. The van der Waals surface area contributed by atoms with Gasteiger partial charge in [0.05, 0.1) is 5.56 Å². The highest BCUT2D eigenvalue weighted by Gasteiger charge is 2.10. The lowest BCUT2D eigenvalue weighted by atomic mass is 10.1. The number of carbonyl (C=O) groups excluding carboxylic acids is 1. The molecule has 1 heterocycles. The van der Waals surface area contributed by atoms with Crippen molar-refractivity contribution in [3.63, 3.8) is 0 Å². The molecule has 0 unspecified atom stereocenters. The summed E-state index contributed by atoms with van der Waals surface area (Å²) in [6.07, 6.45) is 1.37. The average molecular weight is 270 g/mol. The number of carbonyl (C=O) groups is 1. The van der Waals surface area contributed by atoms with Gasteiger partial charge in [-0.2, -0.15) is 0 Å². The fourth-order valence-electron chi connectivity index (χ4n) is 1.93. The number of amides is 1. The van der Waals surface area contributed by atoms with E-state index < -0.39 is 11.7 Å². The van der Waals surface area contributed by atoms with Crippen molar-refractivity contribution in [2.24, 2.45) is 0 Å². The van der Waals surface area contributed by atoms with E-state index in [2.05, 4.69) is 10.3 Å². The topological polar surface area (TPSA) is 55.1 Å². The van der Waals surface area contributed by atoms with Gasteiger partial charge in [-0.1, -0.05) is 18.2 Å². The third-order valence-corrected chi connectivity index (χ3v) is 2.97. The first-order valence-electron chi connectivity index (χ1n) is 6.09. The van der Waals surface area contributed by atoms with E-state index >= 15 is 0 Å². The molecule has 1 amide bonds. The van der Waals surface area contributed by atoms with Crippen LogP contribution in [-0.4, -0.2) is 10.9 Å². The highest BCUT2D eigenvalue weighted by Crippen LogP contribution is 2.14. The number of aromatic nitrogens is 1. The van der Waals surface area contributed by atoms with Crippen LogP contribution >= 0.6 is 0 Å². The lowest BCUT2D eigenvalue weighted by molar-refractivity contribution is 0.0947. The van der Waals surface area contributed by atoms with Gasteiger partial charge in [-0.15, -0.1) is 0 Å². The Kier molecular flexibility index (Phi) is 3.16. The smallest absolute Gasteiger partial charge is 0.254 e. The number of fused-ring (bicyclic) bond motifs is 1. The molecule has 0 aliphatic carbocycles. The second-order valence-corrected chi connectivity index (χ2v) is 4.32. The molecule has 4 nitrogen and oxygen atoms in total. The van der Waals surface area contributed by atoms with Crippen molar-refractivity contribution in [1.29, 1.82) is 0 Å². The summed E-state index contributed by atoms with van der Waals surface area (Å²) in [5.74, 6) is -0.976. The molecule has 20 heavy (non-hydrogen) atoms. The monoisotopic (exact) mass is 270 g/mol. The maximum atomic E-state index is 13.4. The summed E-state index contributed by atoms with van der Waals surface area (Å²) < 4.78 is 18.6. The number of hydrogen-bond acceptors (Lipinski definition) is 3. The molecule has 0 atom stereocenters. The minimum Gasteiger partial charge on any atom is -0.443 e. The van der Waals surface area contributed by atoms with Gasteiger partial charge in [0.25, 0.3) is 5.91 Å². The minimum absolute atomic E-state index is 0.0354. The number of nitrogens with zero attached hydrogens (tertiary/aromatic N) is 1. The van der Waals surface area contributed by atoms with E-state index in [-0.39, 0.29) is 5.56 Å². The maximum absolute atomic E-state index is 13.4. The third-order valence-electron chi connectivity index (χ3n) is 2.97. The van der Waals surface area contributed by atoms with E-state index in [1.165, 1.54) is 18.5 Å². The Morgan fingerprint density at radius 2 is 2.10 bits per heavy atom. The summed E-state index contributed by atoms with van der Waals surface area (Å²) >= 11 is 0. The SMILES string of the molecule is O=C(NCc1ccc2ncoc2c1)c1ccccc1F. The van der Waals surface area contributed by atoms with Crippen LogP contribution in [0.1, 0.15) is 15.9 Å². The molecule has 5 heteroatoms. The number of benzene rings is 2. The molecule has 3 aromatic rings. The third kappa shape index (κ3) is 2.38. The largest absolute Gasteiger partial charge is 0.443 e. The Balaban J connectivity index is 1.73. The zero-order valence-electron chi connectivity index (χ0n) is 10.5. The normalized spacial score (nSPS) is 10.7. The van der Waals surface area contributed by atoms with Crippen molar-refractivity contribution in [3.05, 3.63) is 65.8 Å². The van der Waals surface area contributed by atoms with Crippen LogP contribution < -0.4 is 5.32 Å². The van der Waals surface area contributed by atoms with Gasteiger partial charge < -0.3 is 9.73 Å². The van der Waals surface area contributed by atoms with Gasteiger partial charge in [-0.3, -0.25) is 4.79 Å².